The summed E-state index contributed by atoms with van der Waals surface area (Å²) in [5.74, 6) is 2.12. The lowest BCUT2D eigenvalue weighted by molar-refractivity contribution is 0.0747. The van der Waals surface area contributed by atoms with E-state index in [0.29, 0.717) is 12.3 Å². The molecule has 3 heterocycles. The van der Waals surface area contributed by atoms with Crippen molar-refractivity contribution in [2.75, 3.05) is 7.05 Å². The lowest BCUT2D eigenvalue weighted by Gasteiger charge is -2.15. The molecule has 1 amide bonds. The second kappa shape index (κ2) is 4.53. The van der Waals surface area contributed by atoms with E-state index in [1.54, 1.807) is 18.0 Å². The molecular weight excluding hydrogens is 244 g/mol. The SMILES string of the molecule is Cc1ccoc1C(=O)N(C)Cc1nnc2n1CCC2. The highest BCUT2D eigenvalue weighted by molar-refractivity contribution is 5.92. The van der Waals surface area contributed by atoms with Gasteiger partial charge in [0.2, 0.25) is 0 Å². The van der Waals surface area contributed by atoms with E-state index in [-0.39, 0.29) is 5.91 Å². The Morgan fingerprint density at radius 2 is 2.37 bits per heavy atom. The third-order valence-electron chi connectivity index (χ3n) is 3.47. The number of aryl methyl sites for hydroxylation is 2. The Bertz CT molecular complexity index is 614. The van der Waals surface area contributed by atoms with Crippen LogP contribution in [0, 0.1) is 6.92 Å². The quantitative estimate of drug-likeness (QED) is 0.836. The van der Waals surface area contributed by atoms with Gasteiger partial charge in [-0.05, 0) is 19.4 Å². The van der Waals surface area contributed by atoms with Crippen LogP contribution < -0.4 is 0 Å². The summed E-state index contributed by atoms with van der Waals surface area (Å²) in [5.41, 5.74) is 0.850. The highest BCUT2D eigenvalue weighted by atomic mass is 16.3. The van der Waals surface area contributed by atoms with E-state index in [0.717, 1.165) is 36.6 Å². The molecule has 6 nitrogen and oxygen atoms in total. The van der Waals surface area contributed by atoms with Crippen molar-refractivity contribution in [1.29, 1.82) is 0 Å². The average Bonchev–Trinajstić information content (AvgIpc) is 3.06. The van der Waals surface area contributed by atoms with Crippen LogP contribution in [0.2, 0.25) is 0 Å². The lowest BCUT2D eigenvalue weighted by atomic mass is 10.2. The Labute approximate surface area is 111 Å². The van der Waals surface area contributed by atoms with Crippen molar-refractivity contribution in [3.05, 3.63) is 35.3 Å². The first-order chi connectivity index (χ1) is 9.16. The van der Waals surface area contributed by atoms with Gasteiger partial charge >= 0.3 is 0 Å². The Kier molecular flexibility index (Phi) is 2.85. The number of furan rings is 1. The third kappa shape index (κ3) is 2.03. The fourth-order valence-corrected chi connectivity index (χ4v) is 2.38. The Balaban J connectivity index is 1.76. The summed E-state index contributed by atoms with van der Waals surface area (Å²) in [7, 11) is 1.75. The zero-order chi connectivity index (χ0) is 13.4. The van der Waals surface area contributed by atoms with Gasteiger partial charge in [-0.1, -0.05) is 0 Å². The van der Waals surface area contributed by atoms with Crippen LogP contribution in [0.1, 0.15) is 34.2 Å². The summed E-state index contributed by atoms with van der Waals surface area (Å²) in [6.07, 6.45) is 3.61. The number of carbonyl (C=O) groups excluding carboxylic acids is 1. The van der Waals surface area contributed by atoms with E-state index >= 15 is 0 Å². The van der Waals surface area contributed by atoms with Gasteiger partial charge in [0.25, 0.3) is 5.91 Å². The molecule has 19 heavy (non-hydrogen) atoms. The molecule has 3 rings (SSSR count). The molecule has 0 aliphatic carbocycles. The average molecular weight is 260 g/mol. The van der Waals surface area contributed by atoms with Gasteiger partial charge in [-0.25, -0.2) is 0 Å². The van der Waals surface area contributed by atoms with Crippen LogP contribution in [0.15, 0.2) is 16.7 Å². The molecule has 0 saturated heterocycles. The van der Waals surface area contributed by atoms with Crippen molar-refractivity contribution in [2.24, 2.45) is 0 Å². The number of amides is 1. The van der Waals surface area contributed by atoms with Gasteiger partial charge in [-0.2, -0.15) is 0 Å². The minimum atomic E-state index is -0.127. The van der Waals surface area contributed by atoms with Gasteiger partial charge in [-0.3, -0.25) is 4.79 Å². The number of aromatic nitrogens is 3. The van der Waals surface area contributed by atoms with E-state index in [1.807, 2.05) is 6.92 Å². The van der Waals surface area contributed by atoms with Crippen LogP contribution >= 0.6 is 0 Å². The van der Waals surface area contributed by atoms with Crippen LogP contribution in [0.3, 0.4) is 0 Å². The maximum absolute atomic E-state index is 12.2. The van der Waals surface area contributed by atoms with Crippen molar-refractivity contribution < 1.29 is 9.21 Å². The third-order valence-corrected chi connectivity index (χ3v) is 3.47. The molecule has 0 unspecified atom stereocenters. The van der Waals surface area contributed by atoms with Gasteiger partial charge in [0.1, 0.15) is 5.82 Å². The first kappa shape index (κ1) is 12.0. The van der Waals surface area contributed by atoms with Gasteiger partial charge in [0, 0.05) is 25.6 Å². The van der Waals surface area contributed by atoms with Crippen LogP contribution in [0.5, 0.6) is 0 Å². The van der Waals surface area contributed by atoms with Crippen molar-refractivity contribution in [3.8, 4) is 0 Å². The molecule has 0 aromatic carbocycles. The number of hydrogen-bond acceptors (Lipinski definition) is 4. The first-order valence-corrected chi connectivity index (χ1v) is 6.37. The Morgan fingerprint density at radius 3 is 3.11 bits per heavy atom. The molecule has 6 heteroatoms. The van der Waals surface area contributed by atoms with Crippen molar-refractivity contribution in [3.63, 3.8) is 0 Å². The number of rotatable bonds is 3. The Hall–Kier alpha value is -2.11. The molecule has 0 atom stereocenters. The summed E-state index contributed by atoms with van der Waals surface area (Å²) in [5, 5.41) is 8.29. The fraction of sp³-hybridized carbons (Fsp3) is 0.462. The highest BCUT2D eigenvalue weighted by Crippen LogP contribution is 2.17. The van der Waals surface area contributed by atoms with Crippen LogP contribution in [-0.2, 0) is 19.5 Å². The zero-order valence-electron chi connectivity index (χ0n) is 11.1. The maximum atomic E-state index is 12.2. The van der Waals surface area contributed by atoms with Crippen molar-refractivity contribution in [2.45, 2.75) is 32.9 Å². The minimum Gasteiger partial charge on any atom is -0.459 e. The smallest absolute Gasteiger partial charge is 0.289 e. The topological polar surface area (TPSA) is 64.2 Å². The van der Waals surface area contributed by atoms with Crippen molar-refractivity contribution in [1.82, 2.24) is 19.7 Å². The molecule has 2 aromatic rings. The zero-order valence-corrected chi connectivity index (χ0v) is 11.1. The highest BCUT2D eigenvalue weighted by Gasteiger charge is 2.22. The molecule has 0 bridgehead atoms. The molecule has 0 fully saturated rings. The van der Waals surface area contributed by atoms with Gasteiger partial charge < -0.3 is 13.9 Å². The summed E-state index contributed by atoms with van der Waals surface area (Å²) in [6.45, 7) is 3.25. The van der Waals surface area contributed by atoms with E-state index in [9.17, 15) is 4.79 Å². The van der Waals surface area contributed by atoms with Gasteiger partial charge in [0.15, 0.2) is 11.6 Å². The predicted molar refractivity (Wildman–Crippen MR) is 67.6 cm³/mol. The first-order valence-electron chi connectivity index (χ1n) is 6.37. The monoisotopic (exact) mass is 260 g/mol. The standard InChI is InChI=1S/C13H16N4O2/c1-9-5-7-19-12(9)13(18)16(2)8-11-15-14-10-4-3-6-17(10)11/h5,7H,3-4,6,8H2,1-2H3. The summed E-state index contributed by atoms with van der Waals surface area (Å²) >= 11 is 0. The summed E-state index contributed by atoms with van der Waals surface area (Å²) in [6, 6.07) is 1.79. The van der Waals surface area contributed by atoms with Crippen LogP contribution in [-0.4, -0.2) is 32.6 Å². The molecule has 0 spiro atoms. The van der Waals surface area contributed by atoms with Gasteiger partial charge in [-0.15, -0.1) is 10.2 Å². The van der Waals surface area contributed by atoms with Crippen molar-refractivity contribution >= 4 is 5.91 Å². The van der Waals surface area contributed by atoms with E-state index in [1.165, 1.54) is 6.26 Å². The Morgan fingerprint density at radius 1 is 1.53 bits per heavy atom. The fourth-order valence-electron chi connectivity index (χ4n) is 2.38. The molecule has 100 valence electrons. The second-order valence-electron chi connectivity index (χ2n) is 4.88. The van der Waals surface area contributed by atoms with Crippen LogP contribution in [0.25, 0.3) is 0 Å². The number of hydrogen-bond donors (Lipinski definition) is 0. The van der Waals surface area contributed by atoms with Crippen LogP contribution in [0.4, 0.5) is 0 Å². The molecule has 0 radical (unpaired) electrons. The van der Waals surface area contributed by atoms with E-state index in [4.69, 9.17) is 4.42 Å². The summed E-state index contributed by atoms with van der Waals surface area (Å²) in [4.78, 5) is 13.8. The second-order valence-corrected chi connectivity index (χ2v) is 4.88. The predicted octanol–water partition coefficient (Wildman–Crippen LogP) is 1.40. The molecule has 1 aliphatic heterocycles. The molecule has 2 aromatic heterocycles. The molecule has 0 N–H and O–H groups in total. The van der Waals surface area contributed by atoms with E-state index in [2.05, 4.69) is 14.8 Å². The summed E-state index contributed by atoms with van der Waals surface area (Å²) < 4.78 is 7.32. The molecular formula is C13H16N4O2. The number of carbonyl (C=O) groups is 1. The number of fused-ring (bicyclic) bond motifs is 1. The minimum absolute atomic E-state index is 0.127. The largest absolute Gasteiger partial charge is 0.459 e. The normalized spacial score (nSPS) is 13.6. The number of nitrogens with zero attached hydrogens (tertiary/aromatic N) is 4. The molecule has 1 aliphatic rings. The lowest BCUT2D eigenvalue weighted by Crippen LogP contribution is -2.27. The van der Waals surface area contributed by atoms with Gasteiger partial charge in [0.05, 0.1) is 12.8 Å². The molecule has 0 saturated carbocycles. The van der Waals surface area contributed by atoms with E-state index < -0.39 is 0 Å². The maximum Gasteiger partial charge on any atom is 0.289 e.